The van der Waals surface area contributed by atoms with Crippen LogP contribution in [0, 0.1) is 13.8 Å². The highest BCUT2D eigenvalue weighted by Gasteiger charge is 2.05. The Labute approximate surface area is 85.1 Å². The number of halogens is 2. The minimum absolute atomic E-state index is 0. The van der Waals surface area contributed by atoms with Gasteiger partial charge in [-0.2, -0.15) is 5.10 Å². The number of hydrogen-bond acceptors (Lipinski definition) is 2. The van der Waals surface area contributed by atoms with Crippen LogP contribution in [0.1, 0.15) is 17.0 Å². The summed E-state index contributed by atoms with van der Waals surface area (Å²) in [5.74, 6) is 0. The first-order valence-corrected chi connectivity index (χ1v) is 3.36. The summed E-state index contributed by atoms with van der Waals surface area (Å²) in [4.78, 5) is 0. The predicted octanol–water partition coefficient (Wildman–Crippen LogP) is 1.34. The SMILES string of the molecule is Cc1nn(C)c(C)c1CN.Cl.Cl. The molecule has 5 heteroatoms. The molecule has 0 amide bonds. The van der Waals surface area contributed by atoms with Crippen molar-refractivity contribution in [3.8, 4) is 0 Å². The lowest BCUT2D eigenvalue weighted by Gasteiger charge is -1.94. The molecular weight excluding hydrogens is 197 g/mol. The normalized spacial score (nSPS) is 8.67. The van der Waals surface area contributed by atoms with Crippen LogP contribution in [0.25, 0.3) is 0 Å². The first-order valence-electron chi connectivity index (χ1n) is 3.36. The Morgan fingerprint density at radius 3 is 2.00 bits per heavy atom. The van der Waals surface area contributed by atoms with Gasteiger partial charge in [-0.25, -0.2) is 0 Å². The average molecular weight is 212 g/mol. The molecule has 0 aliphatic carbocycles. The molecule has 2 N–H and O–H groups in total. The Morgan fingerprint density at radius 2 is 1.83 bits per heavy atom. The minimum Gasteiger partial charge on any atom is -0.326 e. The zero-order valence-corrected chi connectivity index (χ0v) is 9.13. The van der Waals surface area contributed by atoms with Gasteiger partial charge in [-0.05, 0) is 13.8 Å². The van der Waals surface area contributed by atoms with E-state index in [1.807, 2.05) is 25.6 Å². The monoisotopic (exact) mass is 211 g/mol. The highest BCUT2D eigenvalue weighted by atomic mass is 35.5. The van der Waals surface area contributed by atoms with Gasteiger partial charge in [0.05, 0.1) is 5.69 Å². The molecule has 1 aromatic rings. The van der Waals surface area contributed by atoms with E-state index in [4.69, 9.17) is 5.73 Å². The van der Waals surface area contributed by atoms with Gasteiger partial charge in [0.1, 0.15) is 0 Å². The molecular formula is C7H15Cl2N3. The van der Waals surface area contributed by atoms with Crippen molar-refractivity contribution in [2.45, 2.75) is 20.4 Å². The lowest BCUT2D eigenvalue weighted by molar-refractivity contribution is 0.730. The van der Waals surface area contributed by atoms with Gasteiger partial charge in [-0.3, -0.25) is 4.68 Å². The second-order valence-corrected chi connectivity index (χ2v) is 2.48. The van der Waals surface area contributed by atoms with Gasteiger partial charge >= 0.3 is 0 Å². The summed E-state index contributed by atoms with van der Waals surface area (Å²) in [7, 11) is 1.93. The quantitative estimate of drug-likeness (QED) is 0.763. The topological polar surface area (TPSA) is 43.8 Å². The molecule has 0 aliphatic heterocycles. The molecule has 12 heavy (non-hydrogen) atoms. The summed E-state index contributed by atoms with van der Waals surface area (Å²) in [5.41, 5.74) is 8.89. The molecule has 0 atom stereocenters. The highest BCUT2D eigenvalue weighted by Crippen LogP contribution is 2.09. The molecule has 0 radical (unpaired) electrons. The van der Waals surface area contributed by atoms with Crippen LogP contribution in [0.4, 0.5) is 0 Å². The maximum Gasteiger partial charge on any atom is 0.0641 e. The van der Waals surface area contributed by atoms with Gasteiger partial charge in [-0.1, -0.05) is 0 Å². The second-order valence-electron chi connectivity index (χ2n) is 2.48. The molecule has 0 saturated heterocycles. The van der Waals surface area contributed by atoms with Crippen LogP contribution in [0.15, 0.2) is 0 Å². The third-order valence-electron chi connectivity index (χ3n) is 1.86. The van der Waals surface area contributed by atoms with Crippen molar-refractivity contribution in [3.63, 3.8) is 0 Å². The van der Waals surface area contributed by atoms with Crippen LogP contribution in [-0.4, -0.2) is 9.78 Å². The van der Waals surface area contributed by atoms with Crippen LogP contribution in [0.5, 0.6) is 0 Å². The molecule has 0 unspecified atom stereocenters. The van der Waals surface area contributed by atoms with E-state index in [2.05, 4.69) is 5.10 Å². The molecule has 72 valence electrons. The Hall–Kier alpha value is -0.250. The summed E-state index contributed by atoms with van der Waals surface area (Å²) in [6.07, 6.45) is 0. The Kier molecular flexibility index (Phi) is 6.43. The van der Waals surface area contributed by atoms with Gasteiger partial charge in [0, 0.05) is 24.8 Å². The smallest absolute Gasteiger partial charge is 0.0641 e. The van der Waals surface area contributed by atoms with Gasteiger partial charge in [0.2, 0.25) is 0 Å². The summed E-state index contributed by atoms with van der Waals surface area (Å²) in [6, 6.07) is 0. The first kappa shape index (κ1) is 14.3. The molecule has 0 spiro atoms. The Bertz CT molecular complexity index is 245. The summed E-state index contributed by atoms with van der Waals surface area (Å²) >= 11 is 0. The second kappa shape index (κ2) is 5.41. The maximum absolute atomic E-state index is 5.51. The molecule has 0 fully saturated rings. The number of aromatic nitrogens is 2. The van der Waals surface area contributed by atoms with Crippen molar-refractivity contribution in [2.75, 3.05) is 0 Å². The maximum atomic E-state index is 5.51. The van der Waals surface area contributed by atoms with E-state index in [9.17, 15) is 0 Å². The number of nitrogens with two attached hydrogens (primary N) is 1. The van der Waals surface area contributed by atoms with E-state index in [1.165, 1.54) is 11.3 Å². The minimum atomic E-state index is 0. The van der Waals surface area contributed by atoms with Gasteiger partial charge in [0.25, 0.3) is 0 Å². The zero-order chi connectivity index (χ0) is 7.72. The molecule has 0 saturated carbocycles. The molecule has 1 heterocycles. The number of nitrogens with zero attached hydrogens (tertiary/aromatic N) is 2. The van der Waals surface area contributed by atoms with Crippen LogP contribution >= 0.6 is 24.8 Å². The van der Waals surface area contributed by atoms with Crippen molar-refractivity contribution in [1.29, 1.82) is 0 Å². The summed E-state index contributed by atoms with van der Waals surface area (Å²) < 4.78 is 1.86. The van der Waals surface area contributed by atoms with E-state index in [-0.39, 0.29) is 24.8 Å². The lowest BCUT2D eigenvalue weighted by atomic mass is 10.2. The molecule has 0 aliphatic rings. The third-order valence-corrected chi connectivity index (χ3v) is 1.86. The Morgan fingerprint density at radius 1 is 1.33 bits per heavy atom. The van der Waals surface area contributed by atoms with E-state index in [0.29, 0.717) is 6.54 Å². The fourth-order valence-electron chi connectivity index (χ4n) is 1.11. The average Bonchev–Trinajstić information content (AvgIpc) is 2.09. The largest absolute Gasteiger partial charge is 0.326 e. The van der Waals surface area contributed by atoms with Crippen LogP contribution in [0.2, 0.25) is 0 Å². The lowest BCUT2D eigenvalue weighted by Crippen LogP contribution is -1.99. The molecule has 1 aromatic heterocycles. The van der Waals surface area contributed by atoms with Crippen LogP contribution in [-0.2, 0) is 13.6 Å². The molecule has 3 nitrogen and oxygen atoms in total. The Balaban J connectivity index is 0. The van der Waals surface area contributed by atoms with Crippen molar-refractivity contribution in [3.05, 3.63) is 17.0 Å². The van der Waals surface area contributed by atoms with Gasteiger partial charge < -0.3 is 5.73 Å². The van der Waals surface area contributed by atoms with Crippen molar-refractivity contribution < 1.29 is 0 Å². The summed E-state index contributed by atoms with van der Waals surface area (Å²) in [6.45, 7) is 4.60. The van der Waals surface area contributed by atoms with Gasteiger partial charge in [-0.15, -0.1) is 24.8 Å². The van der Waals surface area contributed by atoms with E-state index in [1.54, 1.807) is 0 Å². The number of hydrogen-bond donors (Lipinski definition) is 1. The fourth-order valence-corrected chi connectivity index (χ4v) is 1.11. The standard InChI is InChI=1S/C7H13N3.2ClH/c1-5-7(4-8)6(2)10(3)9-5;;/h4,8H2,1-3H3;2*1H. The predicted molar refractivity (Wildman–Crippen MR) is 55.1 cm³/mol. The van der Waals surface area contributed by atoms with E-state index >= 15 is 0 Å². The van der Waals surface area contributed by atoms with Crippen molar-refractivity contribution in [2.24, 2.45) is 12.8 Å². The van der Waals surface area contributed by atoms with E-state index in [0.717, 1.165) is 5.69 Å². The van der Waals surface area contributed by atoms with E-state index < -0.39 is 0 Å². The zero-order valence-electron chi connectivity index (χ0n) is 7.50. The van der Waals surface area contributed by atoms with Crippen LogP contribution in [0.3, 0.4) is 0 Å². The number of rotatable bonds is 1. The van der Waals surface area contributed by atoms with Crippen LogP contribution < -0.4 is 5.73 Å². The number of aryl methyl sites for hydroxylation is 2. The molecule has 0 aromatic carbocycles. The fraction of sp³-hybridized carbons (Fsp3) is 0.571. The van der Waals surface area contributed by atoms with Gasteiger partial charge in [0.15, 0.2) is 0 Å². The summed E-state index contributed by atoms with van der Waals surface area (Å²) in [5, 5.41) is 4.22. The first-order chi connectivity index (χ1) is 4.66. The van der Waals surface area contributed by atoms with Crippen molar-refractivity contribution in [1.82, 2.24) is 9.78 Å². The highest BCUT2D eigenvalue weighted by molar-refractivity contribution is 5.85. The molecule has 0 bridgehead atoms. The van der Waals surface area contributed by atoms with Crippen molar-refractivity contribution >= 4 is 24.8 Å². The third kappa shape index (κ3) is 2.37. The molecule has 1 rings (SSSR count).